The number of nitrogens with two attached hydrogens (primary N) is 1. The van der Waals surface area contributed by atoms with E-state index >= 15 is 0 Å². The Labute approximate surface area is 95.5 Å². The van der Waals surface area contributed by atoms with Crippen molar-refractivity contribution in [3.63, 3.8) is 0 Å². The van der Waals surface area contributed by atoms with Gasteiger partial charge < -0.3 is 10.6 Å². The molecule has 0 unspecified atom stereocenters. The number of rotatable bonds is 2. The summed E-state index contributed by atoms with van der Waals surface area (Å²) in [6, 6.07) is 0. The van der Waals surface area contributed by atoms with Crippen molar-refractivity contribution in [3.8, 4) is 0 Å². The molecule has 90 valence electrons. The van der Waals surface area contributed by atoms with Crippen LogP contribution in [0, 0.1) is 0 Å². The molecule has 0 spiro atoms. The summed E-state index contributed by atoms with van der Waals surface area (Å²) in [5.41, 5.74) is 6.15. The molecule has 2 aliphatic rings. The maximum Gasteiger partial charge on any atom is 0.297 e. The molecule has 2 aliphatic heterocycles. The van der Waals surface area contributed by atoms with Crippen LogP contribution in [0.1, 0.15) is 0 Å². The molecule has 2 rings (SSSR count). The summed E-state index contributed by atoms with van der Waals surface area (Å²) in [5.74, 6) is 0. The lowest BCUT2D eigenvalue weighted by molar-refractivity contribution is 0.165. The van der Waals surface area contributed by atoms with Crippen molar-refractivity contribution < 1.29 is 8.42 Å². The minimum atomic E-state index is -3.55. The summed E-state index contributed by atoms with van der Waals surface area (Å²) < 4.78 is 25.9. The van der Waals surface area contributed by atoms with Crippen molar-refractivity contribution in [1.82, 2.24) is 9.80 Å². The Morgan fingerprint density at radius 3 is 2.50 bits per heavy atom. The summed E-state index contributed by atoms with van der Waals surface area (Å²) in [7, 11) is -1.47. The third-order valence-corrected chi connectivity index (χ3v) is 4.13. The molecule has 1 fully saturated rings. The molecule has 0 bridgehead atoms. The van der Waals surface area contributed by atoms with E-state index in [9.17, 15) is 8.42 Å². The first-order chi connectivity index (χ1) is 7.49. The van der Waals surface area contributed by atoms with E-state index in [0.717, 1.165) is 26.2 Å². The second-order valence-electron chi connectivity index (χ2n) is 4.18. The van der Waals surface area contributed by atoms with E-state index in [0.29, 0.717) is 12.1 Å². The van der Waals surface area contributed by atoms with Crippen molar-refractivity contribution in [2.45, 2.75) is 0 Å². The first-order valence-corrected chi connectivity index (χ1v) is 6.63. The first kappa shape index (κ1) is 11.6. The smallest absolute Gasteiger partial charge is 0.297 e. The van der Waals surface area contributed by atoms with E-state index in [4.69, 9.17) is 5.73 Å². The molecule has 0 aliphatic carbocycles. The predicted molar refractivity (Wildman–Crippen MR) is 62.6 cm³/mol. The fourth-order valence-electron chi connectivity index (χ4n) is 1.78. The maximum atomic E-state index is 11.3. The highest BCUT2D eigenvalue weighted by atomic mass is 32.2. The topological polar surface area (TPSA) is 79.0 Å². The van der Waals surface area contributed by atoms with Crippen LogP contribution in [0.5, 0.6) is 0 Å². The Kier molecular flexibility index (Phi) is 3.00. The summed E-state index contributed by atoms with van der Waals surface area (Å²) in [5, 5.41) is -0.0913. The lowest BCUT2D eigenvalue weighted by Gasteiger charge is -2.32. The van der Waals surface area contributed by atoms with Gasteiger partial charge in [0.2, 0.25) is 0 Å². The Morgan fingerprint density at radius 1 is 1.38 bits per heavy atom. The molecule has 7 heteroatoms. The van der Waals surface area contributed by atoms with Crippen molar-refractivity contribution in [3.05, 3.63) is 10.6 Å². The van der Waals surface area contributed by atoms with Gasteiger partial charge in [-0.05, 0) is 7.05 Å². The molecule has 0 aromatic rings. The Morgan fingerprint density at radius 2 is 2.00 bits per heavy atom. The molecular weight excluding hydrogens is 228 g/mol. The minimum absolute atomic E-state index is 0.0913. The van der Waals surface area contributed by atoms with E-state index in [1.165, 1.54) is 6.21 Å². The normalized spacial score (nSPS) is 26.6. The van der Waals surface area contributed by atoms with Gasteiger partial charge in [0.1, 0.15) is 0 Å². The van der Waals surface area contributed by atoms with Crippen molar-refractivity contribution in [1.29, 1.82) is 0 Å². The summed E-state index contributed by atoms with van der Waals surface area (Å²) in [6.07, 6.45) is 1.36. The average molecular weight is 244 g/mol. The zero-order valence-corrected chi connectivity index (χ0v) is 10.1. The van der Waals surface area contributed by atoms with Gasteiger partial charge in [-0.1, -0.05) is 0 Å². The van der Waals surface area contributed by atoms with Crippen LogP contribution in [0.3, 0.4) is 0 Å². The second kappa shape index (κ2) is 4.15. The van der Waals surface area contributed by atoms with Crippen LogP contribution in [-0.4, -0.2) is 64.2 Å². The van der Waals surface area contributed by atoms with Gasteiger partial charge in [0.25, 0.3) is 10.0 Å². The Balaban J connectivity index is 2.02. The van der Waals surface area contributed by atoms with Crippen LogP contribution in [0.2, 0.25) is 0 Å². The molecule has 0 radical (unpaired) electrons. The Bertz CT molecular complexity index is 432. The SMILES string of the molecule is CN1CCN(CC2=C(N)S(=O)(=O)N=C2)CC1. The molecule has 0 aromatic carbocycles. The van der Waals surface area contributed by atoms with Gasteiger partial charge in [-0.2, -0.15) is 12.8 Å². The van der Waals surface area contributed by atoms with Gasteiger partial charge >= 0.3 is 0 Å². The molecule has 0 saturated carbocycles. The lowest BCUT2D eigenvalue weighted by Crippen LogP contribution is -2.45. The largest absolute Gasteiger partial charge is 0.388 e. The summed E-state index contributed by atoms with van der Waals surface area (Å²) in [6.45, 7) is 4.43. The van der Waals surface area contributed by atoms with E-state index < -0.39 is 10.0 Å². The number of nitrogens with zero attached hydrogens (tertiary/aromatic N) is 3. The van der Waals surface area contributed by atoms with Gasteiger partial charge in [0, 0.05) is 44.5 Å². The van der Waals surface area contributed by atoms with E-state index in [2.05, 4.69) is 21.2 Å². The molecule has 0 atom stereocenters. The molecule has 6 nitrogen and oxygen atoms in total. The van der Waals surface area contributed by atoms with Crippen LogP contribution < -0.4 is 5.73 Å². The van der Waals surface area contributed by atoms with Gasteiger partial charge in [-0.3, -0.25) is 4.90 Å². The van der Waals surface area contributed by atoms with Crippen LogP contribution in [0.25, 0.3) is 0 Å². The summed E-state index contributed by atoms with van der Waals surface area (Å²) >= 11 is 0. The van der Waals surface area contributed by atoms with Crippen LogP contribution >= 0.6 is 0 Å². The molecule has 0 aromatic heterocycles. The van der Waals surface area contributed by atoms with E-state index in [1.54, 1.807) is 0 Å². The number of sulfonamides is 1. The first-order valence-electron chi connectivity index (χ1n) is 5.19. The van der Waals surface area contributed by atoms with Crippen molar-refractivity contribution in [2.24, 2.45) is 10.1 Å². The minimum Gasteiger partial charge on any atom is -0.388 e. The third kappa shape index (κ3) is 2.26. The van der Waals surface area contributed by atoms with Crippen LogP contribution in [0.15, 0.2) is 15.0 Å². The fraction of sp³-hybridized carbons (Fsp3) is 0.667. The molecule has 2 heterocycles. The van der Waals surface area contributed by atoms with Crippen LogP contribution in [0.4, 0.5) is 0 Å². The van der Waals surface area contributed by atoms with Crippen molar-refractivity contribution >= 4 is 16.2 Å². The van der Waals surface area contributed by atoms with E-state index in [-0.39, 0.29) is 5.03 Å². The molecule has 1 saturated heterocycles. The van der Waals surface area contributed by atoms with Crippen LogP contribution in [-0.2, 0) is 10.0 Å². The Hall–Kier alpha value is -0.920. The monoisotopic (exact) mass is 244 g/mol. The lowest BCUT2D eigenvalue weighted by atomic mass is 10.2. The van der Waals surface area contributed by atoms with Gasteiger partial charge in [0.05, 0.1) is 0 Å². The second-order valence-corrected chi connectivity index (χ2v) is 5.78. The number of likely N-dealkylation sites (N-methyl/N-ethyl adjacent to an activating group) is 1. The molecular formula is C9H16N4O2S. The van der Waals surface area contributed by atoms with Gasteiger partial charge in [-0.15, -0.1) is 0 Å². The molecule has 16 heavy (non-hydrogen) atoms. The highest BCUT2D eigenvalue weighted by Crippen LogP contribution is 2.16. The molecule has 0 amide bonds. The van der Waals surface area contributed by atoms with E-state index in [1.807, 2.05) is 0 Å². The standard InChI is InChI=1S/C9H16N4O2S/c1-12-2-4-13(5-3-12)7-8-6-11-16(14,15)9(8)10/h6H,2-5,7,10H2,1H3. The number of hydrogen-bond acceptors (Lipinski definition) is 5. The highest BCUT2D eigenvalue weighted by molar-refractivity contribution is 7.94. The number of hydrogen-bond donors (Lipinski definition) is 1. The zero-order valence-electron chi connectivity index (χ0n) is 9.26. The number of piperazine rings is 1. The predicted octanol–water partition coefficient (Wildman–Crippen LogP) is -1.18. The van der Waals surface area contributed by atoms with Crippen molar-refractivity contribution in [2.75, 3.05) is 39.8 Å². The zero-order chi connectivity index (χ0) is 11.8. The van der Waals surface area contributed by atoms with Gasteiger partial charge in [0.15, 0.2) is 5.03 Å². The molecule has 2 N–H and O–H groups in total. The third-order valence-electron chi connectivity index (χ3n) is 2.93. The van der Waals surface area contributed by atoms with Gasteiger partial charge in [-0.25, -0.2) is 0 Å². The highest BCUT2D eigenvalue weighted by Gasteiger charge is 2.25. The maximum absolute atomic E-state index is 11.3. The fourth-order valence-corrected chi connectivity index (χ4v) is 2.61. The quantitative estimate of drug-likeness (QED) is 0.661. The summed E-state index contributed by atoms with van der Waals surface area (Å²) in [4.78, 5) is 4.43. The average Bonchev–Trinajstić information content (AvgIpc) is 2.49.